The second-order valence-corrected chi connectivity index (χ2v) is 6.61. The summed E-state index contributed by atoms with van der Waals surface area (Å²) in [6.07, 6.45) is 0. The molecule has 0 atom stereocenters. The molecule has 0 unspecified atom stereocenters. The Morgan fingerprint density at radius 1 is 1.23 bits per heavy atom. The second-order valence-electron chi connectivity index (χ2n) is 5.17. The number of hydrogen-bond donors (Lipinski definition) is 3. The van der Waals surface area contributed by atoms with Crippen LogP contribution in [0.25, 0.3) is 10.2 Å². The van der Waals surface area contributed by atoms with E-state index in [0.29, 0.717) is 28.5 Å². The molecule has 1 aromatic heterocycles. The summed E-state index contributed by atoms with van der Waals surface area (Å²) in [5.74, 6) is -0.472. The fourth-order valence-corrected chi connectivity index (χ4v) is 3.24. The first kappa shape index (κ1) is 18.0. The Labute approximate surface area is 157 Å². The Kier molecular flexibility index (Phi) is 5.24. The molecule has 2 aromatic carbocycles. The fourth-order valence-electron chi connectivity index (χ4n) is 2.16. The number of halogens is 1. The fraction of sp³-hybridized carbons (Fsp3) is 0.118. The number of esters is 1. The Hall–Kier alpha value is -2.84. The van der Waals surface area contributed by atoms with Crippen LogP contribution in [0.4, 0.5) is 15.6 Å². The van der Waals surface area contributed by atoms with Gasteiger partial charge in [0.15, 0.2) is 5.13 Å². The molecule has 0 radical (unpaired) electrons. The Morgan fingerprint density at radius 2 is 2.04 bits per heavy atom. The van der Waals surface area contributed by atoms with Crippen molar-refractivity contribution in [3.05, 3.63) is 47.0 Å². The number of aromatic nitrogens is 1. The highest BCUT2D eigenvalue weighted by molar-refractivity contribution is 7.22. The molecule has 0 bridgehead atoms. The maximum atomic E-state index is 12.1. The van der Waals surface area contributed by atoms with Crippen LogP contribution in [-0.2, 0) is 4.74 Å². The predicted octanol–water partition coefficient (Wildman–Crippen LogP) is 4.48. The van der Waals surface area contributed by atoms with E-state index in [1.165, 1.54) is 29.5 Å². The number of benzene rings is 2. The lowest BCUT2D eigenvalue weighted by atomic mass is 10.2. The number of carbonyl (C=O) groups is 2. The first-order valence-electron chi connectivity index (χ1n) is 7.60. The summed E-state index contributed by atoms with van der Waals surface area (Å²) in [5.41, 5.74) is 1.51. The van der Waals surface area contributed by atoms with Crippen molar-refractivity contribution in [3.8, 4) is 5.75 Å². The number of aromatic hydroxyl groups is 1. The first-order chi connectivity index (χ1) is 12.5. The second kappa shape index (κ2) is 7.59. The third kappa shape index (κ3) is 4.04. The summed E-state index contributed by atoms with van der Waals surface area (Å²) in [4.78, 5) is 28.2. The minimum absolute atomic E-state index is 0.0683. The van der Waals surface area contributed by atoms with Crippen molar-refractivity contribution in [1.82, 2.24) is 4.98 Å². The molecular formula is C17H14ClN3O4S. The number of thiazole rings is 1. The van der Waals surface area contributed by atoms with Gasteiger partial charge in [0.05, 0.1) is 27.4 Å². The number of urea groups is 1. The van der Waals surface area contributed by atoms with Crippen LogP contribution in [0.1, 0.15) is 17.3 Å². The number of anilines is 2. The summed E-state index contributed by atoms with van der Waals surface area (Å²) in [5, 5.41) is 15.1. The molecule has 3 N–H and O–H groups in total. The average molecular weight is 392 g/mol. The number of amides is 2. The van der Waals surface area contributed by atoms with Gasteiger partial charge < -0.3 is 15.2 Å². The third-order valence-electron chi connectivity index (χ3n) is 3.33. The Morgan fingerprint density at radius 3 is 2.77 bits per heavy atom. The van der Waals surface area contributed by atoms with Gasteiger partial charge in [0.25, 0.3) is 0 Å². The summed E-state index contributed by atoms with van der Waals surface area (Å²) >= 11 is 7.04. The highest BCUT2D eigenvalue weighted by Gasteiger charge is 2.12. The first-order valence-corrected chi connectivity index (χ1v) is 8.80. The van der Waals surface area contributed by atoms with Gasteiger partial charge in [0, 0.05) is 5.69 Å². The lowest BCUT2D eigenvalue weighted by Gasteiger charge is -2.06. The summed E-state index contributed by atoms with van der Waals surface area (Å²) < 4.78 is 5.72. The average Bonchev–Trinajstić information content (AvgIpc) is 2.99. The standard InChI is InChI=1S/C17H14ClN3O4S/c1-2-25-15(23)9-3-5-12-14(7-9)26-17(20-12)21-16(24)19-10-4-6-13(22)11(18)8-10/h3-8,22H,2H2,1H3,(H2,19,20,21,24). The van der Waals surface area contributed by atoms with Gasteiger partial charge in [-0.2, -0.15) is 0 Å². The van der Waals surface area contributed by atoms with Crippen LogP contribution in [0, 0.1) is 0 Å². The van der Waals surface area contributed by atoms with Gasteiger partial charge in [-0.25, -0.2) is 14.6 Å². The van der Waals surface area contributed by atoms with Gasteiger partial charge in [-0.1, -0.05) is 22.9 Å². The smallest absolute Gasteiger partial charge is 0.338 e. The van der Waals surface area contributed by atoms with Crippen LogP contribution in [0.5, 0.6) is 5.75 Å². The molecule has 9 heteroatoms. The number of hydrogen-bond acceptors (Lipinski definition) is 6. The van der Waals surface area contributed by atoms with Gasteiger partial charge in [0.1, 0.15) is 5.75 Å². The summed E-state index contributed by atoms with van der Waals surface area (Å²) in [7, 11) is 0. The molecule has 0 aliphatic rings. The molecule has 3 aromatic rings. The van der Waals surface area contributed by atoms with Crippen LogP contribution >= 0.6 is 22.9 Å². The molecule has 1 heterocycles. The van der Waals surface area contributed by atoms with E-state index < -0.39 is 12.0 Å². The lowest BCUT2D eigenvalue weighted by Crippen LogP contribution is -2.19. The lowest BCUT2D eigenvalue weighted by molar-refractivity contribution is 0.0526. The molecule has 0 saturated heterocycles. The Bertz CT molecular complexity index is 989. The van der Waals surface area contributed by atoms with E-state index in [0.717, 1.165) is 4.70 Å². The van der Waals surface area contributed by atoms with E-state index in [4.69, 9.17) is 16.3 Å². The molecule has 0 spiro atoms. The number of ether oxygens (including phenoxy) is 1. The number of fused-ring (bicyclic) bond motifs is 1. The number of phenolic OH excluding ortho intramolecular Hbond substituents is 1. The summed E-state index contributed by atoms with van der Waals surface area (Å²) in [6.45, 7) is 2.04. The normalized spacial score (nSPS) is 10.5. The topological polar surface area (TPSA) is 101 Å². The predicted molar refractivity (Wildman–Crippen MR) is 101 cm³/mol. The van der Waals surface area contributed by atoms with Crippen LogP contribution in [0.15, 0.2) is 36.4 Å². The molecular weight excluding hydrogens is 378 g/mol. The number of nitrogens with zero attached hydrogens (tertiary/aromatic N) is 1. The zero-order valence-corrected chi connectivity index (χ0v) is 15.1. The molecule has 0 aliphatic carbocycles. The highest BCUT2D eigenvalue weighted by Crippen LogP contribution is 2.28. The number of phenols is 1. The minimum Gasteiger partial charge on any atom is -0.506 e. The van der Waals surface area contributed by atoms with E-state index in [-0.39, 0.29) is 10.8 Å². The van der Waals surface area contributed by atoms with E-state index in [9.17, 15) is 14.7 Å². The molecule has 2 amide bonds. The van der Waals surface area contributed by atoms with Crippen molar-refractivity contribution in [3.63, 3.8) is 0 Å². The van der Waals surface area contributed by atoms with Crippen molar-refractivity contribution in [2.45, 2.75) is 6.92 Å². The van der Waals surface area contributed by atoms with Gasteiger partial charge in [0.2, 0.25) is 0 Å². The molecule has 7 nitrogen and oxygen atoms in total. The maximum Gasteiger partial charge on any atom is 0.338 e. The number of rotatable bonds is 4. The molecule has 0 saturated carbocycles. The minimum atomic E-state index is -0.503. The number of nitrogens with one attached hydrogen (secondary N) is 2. The molecule has 134 valence electrons. The van der Waals surface area contributed by atoms with Crippen LogP contribution < -0.4 is 10.6 Å². The van der Waals surface area contributed by atoms with E-state index >= 15 is 0 Å². The highest BCUT2D eigenvalue weighted by atomic mass is 35.5. The quantitative estimate of drug-likeness (QED) is 0.449. The van der Waals surface area contributed by atoms with Gasteiger partial charge in [-0.3, -0.25) is 5.32 Å². The molecule has 26 heavy (non-hydrogen) atoms. The van der Waals surface area contributed by atoms with E-state index in [2.05, 4.69) is 15.6 Å². The number of carbonyl (C=O) groups excluding carboxylic acids is 2. The van der Waals surface area contributed by atoms with Crippen molar-refractivity contribution < 1.29 is 19.4 Å². The largest absolute Gasteiger partial charge is 0.506 e. The van der Waals surface area contributed by atoms with Gasteiger partial charge >= 0.3 is 12.0 Å². The van der Waals surface area contributed by atoms with Crippen molar-refractivity contribution in [2.75, 3.05) is 17.2 Å². The molecule has 0 fully saturated rings. The monoisotopic (exact) mass is 391 g/mol. The zero-order valence-electron chi connectivity index (χ0n) is 13.6. The van der Waals surface area contributed by atoms with Crippen molar-refractivity contribution in [2.24, 2.45) is 0 Å². The third-order valence-corrected chi connectivity index (χ3v) is 4.56. The van der Waals surface area contributed by atoms with E-state index in [1.807, 2.05) is 0 Å². The van der Waals surface area contributed by atoms with Crippen molar-refractivity contribution in [1.29, 1.82) is 0 Å². The van der Waals surface area contributed by atoms with E-state index in [1.54, 1.807) is 25.1 Å². The van der Waals surface area contributed by atoms with Crippen molar-refractivity contribution >= 4 is 56.0 Å². The van der Waals surface area contributed by atoms with Crippen LogP contribution in [0.3, 0.4) is 0 Å². The summed E-state index contributed by atoms with van der Waals surface area (Å²) in [6, 6.07) is 8.82. The van der Waals surface area contributed by atoms with Crippen LogP contribution in [-0.4, -0.2) is 28.7 Å². The molecule has 3 rings (SSSR count). The zero-order chi connectivity index (χ0) is 18.7. The molecule has 0 aliphatic heterocycles. The van der Waals surface area contributed by atoms with Crippen LogP contribution in [0.2, 0.25) is 5.02 Å². The maximum absolute atomic E-state index is 12.1. The van der Waals surface area contributed by atoms with Gasteiger partial charge in [-0.15, -0.1) is 0 Å². The SMILES string of the molecule is CCOC(=O)c1ccc2nc(NC(=O)Nc3ccc(O)c(Cl)c3)sc2c1. The Balaban J connectivity index is 1.72. The van der Waals surface area contributed by atoms with Gasteiger partial charge in [-0.05, 0) is 43.3 Å².